The first-order chi connectivity index (χ1) is 8.62. The highest BCUT2D eigenvalue weighted by atomic mass is 32.2. The standard InChI is InChI=1S/C10H12N4O3S/c11-14-10-5-9(1-3-12-10)18(15,16)13-6-8-2-4-17-7-8/h1-5,7,13H,6,11H2,(H,12,14). The normalized spacial score (nSPS) is 11.4. The number of nitrogens with two attached hydrogens (primary N) is 1. The molecular weight excluding hydrogens is 256 g/mol. The molecule has 0 amide bonds. The zero-order valence-electron chi connectivity index (χ0n) is 9.33. The molecule has 0 spiro atoms. The SMILES string of the molecule is NNc1cc(S(=O)(=O)NCc2ccoc2)ccn1. The molecule has 0 saturated heterocycles. The Hall–Kier alpha value is -1.90. The number of hydrogen-bond donors (Lipinski definition) is 3. The first-order valence-electron chi connectivity index (χ1n) is 5.05. The van der Waals surface area contributed by atoms with Gasteiger partial charge in [0.05, 0.1) is 17.4 Å². The molecule has 0 aliphatic rings. The molecule has 7 nitrogen and oxygen atoms in total. The third-order valence-electron chi connectivity index (χ3n) is 2.24. The summed E-state index contributed by atoms with van der Waals surface area (Å²) in [5, 5.41) is 0. The van der Waals surface area contributed by atoms with Gasteiger partial charge in [-0.15, -0.1) is 0 Å². The Morgan fingerprint density at radius 1 is 1.39 bits per heavy atom. The average Bonchev–Trinajstić information content (AvgIpc) is 2.90. The van der Waals surface area contributed by atoms with E-state index in [-0.39, 0.29) is 17.3 Å². The molecule has 0 atom stereocenters. The van der Waals surface area contributed by atoms with Crippen molar-refractivity contribution < 1.29 is 12.8 Å². The molecule has 18 heavy (non-hydrogen) atoms. The van der Waals surface area contributed by atoms with Crippen molar-refractivity contribution in [3.05, 3.63) is 42.5 Å². The Balaban J connectivity index is 2.14. The van der Waals surface area contributed by atoms with Gasteiger partial charge in [0.1, 0.15) is 5.82 Å². The molecule has 0 radical (unpaired) electrons. The molecule has 2 rings (SSSR count). The van der Waals surface area contributed by atoms with Gasteiger partial charge in [0.15, 0.2) is 0 Å². The summed E-state index contributed by atoms with van der Waals surface area (Å²) in [6, 6.07) is 4.41. The molecule has 2 aromatic heterocycles. The predicted octanol–water partition coefficient (Wildman–Crippen LogP) is 0.439. The van der Waals surface area contributed by atoms with Gasteiger partial charge in [-0.1, -0.05) is 0 Å². The van der Waals surface area contributed by atoms with E-state index in [1.807, 2.05) is 0 Å². The monoisotopic (exact) mass is 268 g/mol. The van der Waals surface area contributed by atoms with E-state index >= 15 is 0 Å². The topological polar surface area (TPSA) is 110 Å². The zero-order valence-corrected chi connectivity index (χ0v) is 10.1. The lowest BCUT2D eigenvalue weighted by Crippen LogP contribution is -2.23. The van der Waals surface area contributed by atoms with Gasteiger partial charge >= 0.3 is 0 Å². The number of furan rings is 1. The highest BCUT2D eigenvalue weighted by Crippen LogP contribution is 2.12. The van der Waals surface area contributed by atoms with E-state index in [1.165, 1.54) is 30.9 Å². The van der Waals surface area contributed by atoms with E-state index in [9.17, 15) is 8.42 Å². The molecule has 0 fully saturated rings. The van der Waals surface area contributed by atoms with Crippen LogP contribution in [0.4, 0.5) is 5.82 Å². The molecule has 0 aromatic carbocycles. The summed E-state index contributed by atoms with van der Waals surface area (Å²) in [5.74, 6) is 5.45. The molecule has 8 heteroatoms. The number of hydrazine groups is 1. The van der Waals surface area contributed by atoms with Crippen molar-refractivity contribution in [2.75, 3.05) is 5.43 Å². The van der Waals surface area contributed by atoms with Crippen LogP contribution in [-0.2, 0) is 16.6 Å². The molecule has 96 valence electrons. The van der Waals surface area contributed by atoms with Crippen LogP contribution in [0.2, 0.25) is 0 Å². The van der Waals surface area contributed by atoms with Crippen molar-refractivity contribution in [1.82, 2.24) is 9.71 Å². The van der Waals surface area contributed by atoms with Crippen molar-refractivity contribution in [3.8, 4) is 0 Å². The van der Waals surface area contributed by atoms with Crippen LogP contribution in [0.5, 0.6) is 0 Å². The fourth-order valence-electron chi connectivity index (χ4n) is 1.31. The summed E-state index contributed by atoms with van der Waals surface area (Å²) in [6.07, 6.45) is 4.32. The number of anilines is 1. The van der Waals surface area contributed by atoms with Crippen LogP contribution < -0.4 is 16.0 Å². The lowest BCUT2D eigenvalue weighted by atomic mass is 10.4. The van der Waals surface area contributed by atoms with Crippen LogP contribution in [0, 0.1) is 0 Å². The van der Waals surface area contributed by atoms with Crippen molar-refractivity contribution >= 4 is 15.8 Å². The number of nitrogen functional groups attached to an aromatic ring is 1. The minimum atomic E-state index is -3.60. The minimum absolute atomic E-state index is 0.0916. The molecule has 0 saturated carbocycles. The van der Waals surface area contributed by atoms with E-state index in [0.29, 0.717) is 0 Å². The van der Waals surface area contributed by atoms with Crippen LogP contribution in [0.25, 0.3) is 0 Å². The van der Waals surface area contributed by atoms with Gasteiger partial charge in [-0.25, -0.2) is 24.0 Å². The Morgan fingerprint density at radius 3 is 2.89 bits per heavy atom. The second kappa shape index (κ2) is 5.17. The Bertz CT molecular complexity index is 610. The van der Waals surface area contributed by atoms with Crippen LogP contribution in [0.1, 0.15) is 5.56 Å². The maximum atomic E-state index is 12.0. The predicted molar refractivity (Wildman–Crippen MR) is 64.8 cm³/mol. The molecular formula is C10H12N4O3S. The van der Waals surface area contributed by atoms with E-state index in [1.54, 1.807) is 6.07 Å². The number of aromatic nitrogens is 1. The molecule has 2 heterocycles. The zero-order chi connectivity index (χ0) is 13.0. The van der Waals surface area contributed by atoms with E-state index in [2.05, 4.69) is 15.1 Å². The first kappa shape index (κ1) is 12.6. The average molecular weight is 268 g/mol. The summed E-state index contributed by atoms with van der Waals surface area (Å²) in [4.78, 5) is 3.93. The van der Waals surface area contributed by atoms with E-state index < -0.39 is 10.0 Å². The second-order valence-electron chi connectivity index (χ2n) is 3.48. The molecule has 0 aliphatic carbocycles. The Labute approximate surface area is 104 Å². The van der Waals surface area contributed by atoms with E-state index in [4.69, 9.17) is 10.3 Å². The van der Waals surface area contributed by atoms with Gasteiger partial charge in [0.25, 0.3) is 0 Å². The molecule has 2 aromatic rings. The third kappa shape index (κ3) is 2.86. The fourth-order valence-corrected chi connectivity index (χ4v) is 2.34. The van der Waals surface area contributed by atoms with Crippen LogP contribution in [-0.4, -0.2) is 13.4 Å². The summed E-state index contributed by atoms with van der Waals surface area (Å²) in [6.45, 7) is 0.159. The summed E-state index contributed by atoms with van der Waals surface area (Å²) in [7, 11) is -3.60. The van der Waals surface area contributed by atoms with Crippen LogP contribution >= 0.6 is 0 Å². The van der Waals surface area contributed by atoms with Crippen molar-refractivity contribution in [1.29, 1.82) is 0 Å². The highest BCUT2D eigenvalue weighted by Gasteiger charge is 2.14. The smallest absolute Gasteiger partial charge is 0.241 e. The fraction of sp³-hybridized carbons (Fsp3) is 0.100. The van der Waals surface area contributed by atoms with Crippen molar-refractivity contribution in [3.63, 3.8) is 0 Å². The summed E-state index contributed by atoms with van der Waals surface area (Å²) < 4.78 is 31.2. The Morgan fingerprint density at radius 2 is 2.22 bits per heavy atom. The van der Waals surface area contributed by atoms with Gasteiger partial charge in [0.2, 0.25) is 10.0 Å². The van der Waals surface area contributed by atoms with Crippen LogP contribution in [0.3, 0.4) is 0 Å². The maximum Gasteiger partial charge on any atom is 0.241 e. The number of nitrogens with one attached hydrogen (secondary N) is 2. The van der Waals surface area contributed by atoms with Crippen molar-refractivity contribution in [2.45, 2.75) is 11.4 Å². The second-order valence-corrected chi connectivity index (χ2v) is 5.24. The lowest BCUT2D eigenvalue weighted by Gasteiger charge is -2.06. The van der Waals surface area contributed by atoms with Crippen LogP contribution in [0.15, 0.2) is 46.2 Å². The number of rotatable bonds is 5. The number of hydrogen-bond acceptors (Lipinski definition) is 6. The summed E-state index contributed by atoms with van der Waals surface area (Å²) in [5.41, 5.74) is 3.03. The van der Waals surface area contributed by atoms with Gasteiger partial charge in [-0.05, 0) is 12.1 Å². The number of pyridine rings is 1. The largest absolute Gasteiger partial charge is 0.472 e. The molecule has 0 bridgehead atoms. The van der Waals surface area contributed by atoms with Crippen molar-refractivity contribution in [2.24, 2.45) is 5.84 Å². The quantitative estimate of drug-likeness (QED) is 0.536. The molecule has 0 unspecified atom stereocenters. The highest BCUT2D eigenvalue weighted by molar-refractivity contribution is 7.89. The minimum Gasteiger partial charge on any atom is -0.472 e. The van der Waals surface area contributed by atoms with Gasteiger partial charge < -0.3 is 9.84 Å². The molecule has 4 N–H and O–H groups in total. The van der Waals surface area contributed by atoms with Gasteiger partial charge in [0, 0.05) is 24.4 Å². The van der Waals surface area contributed by atoms with E-state index in [0.717, 1.165) is 5.56 Å². The molecule has 0 aliphatic heterocycles. The number of sulfonamides is 1. The number of nitrogens with zero attached hydrogens (tertiary/aromatic N) is 1. The Kier molecular flexibility index (Phi) is 3.60. The third-order valence-corrected chi connectivity index (χ3v) is 3.63. The maximum absolute atomic E-state index is 12.0. The first-order valence-corrected chi connectivity index (χ1v) is 6.53. The lowest BCUT2D eigenvalue weighted by molar-refractivity contribution is 0.561. The van der Waals surface area contributed by atoms with Gasteiger partial charge in [-0.2, -0.15) is 0 Å². The van der Waals surface area contributed by atoms with Gasteiger partial charge in [-0.3, -0.25) is 0 Å². The summed E-state index contributed by atoms with van der Waals surface area (Å²) >= 11 is 0.